The van der Waals surface area contributed by atoms with E-state index in [-0.39, 0.29) is 17.9 Å². The van der Waals surface area contributed by atoms with Crippen LogP contribution in [-0.2, 0) is 4.79 Å². The van der Waals surface area contributed by atoms with E-state index in [2.05, 4.69) is 22.5 Å². The molecule has 5 nitrogen and oxygen atoms in total. The Morgan fingerprint density at radius 3 is 3.11 bits per heavy atom. The lowest BCUT2D eigenvalue weighted by atomic mass is 10.1. The standard InChI is InChI=1S/C13H15N3O2S/c14-7-1-2-10-4-5-11(19-10)13(18)16-9-3-6-12(17)15-8-9/h4-5,9H,3,6-8,14H2,(H,15,17)(H,16,18). The molecule has 100 valence electrons. The lowest BCUT2D eigenvalue weighted by molar-refractivity contribution is -0.122. The third-order valence-electron chi connectivity index (χ3n) is 2.74. The number of nitrogens with one attached hydrogen (secondary N) is 2. The molecule has 0 saturated carbocycles. The fourth-order valence-corrected chi connectivity index (χ4v) is 2.56. The van der Waals surface area contributed by atoms with Gasteiger partial charge in [0.15, 0.2) is 0 Å². The van der Waals surface area contributed by atoms with Crippen LogP contribution in [0, 0.1) is 11.8 Å². The Morgan fingerprint density at radius 2 is 2.42 bits per heavy atom. The van der Waals surface area contributed by atoms with Crippen LogP contribution in [0.5, 0.6) is 0 Å². The fourth-order valence-electron chi connectivity index (χ4n) is 1.78. The molecule has 0 bridgehead atoms. The van der Waals surface area contributed by atoms with E-state index in [1.165, 1.54) is 11.3 Å². The highest BCUT2D eigenvalue weighted by molar-refractivity contribution is 7.14. The van der Waals surface area contributed by atoms with Crippen LogP contribution in [0.25, 0.3) is 0 Å². The van der Waals surface area contributed by atoms with Crippen molar-refractivity contribution in [2.45, 2.75) is 18.9 Å². The molecule has 1 aromatic rings. The summed E-state index contributed by atoms with van der Waals surface area (Å²) in [4.78, 5) is 24.5. The van der Waals surface area contributed by atoms with Crippen molar-refractivity contribution >= 4 is 23.2 Å². The van der Waals surface area contributed by atoms with E-state index in [0.29, 0.717) is 30.8 Å². The number of piperidine rings is 1. The molecule has 0 aliphatic carbocycles. The van der Waals surface area contributed by atoms with Gasteiger partial charge in [0.25, 0.3) is 5.91 Å². The first kappa shape index (κ1) is 13.6. The SMILES string of the molecule is NCC#Cc1ccc(C(=O)NC2CCC(=O)NC2)s1. The van der Waals surface area contributed by atoms with E-state index in [0.717, 1.165) is 4.88 Å². The molecule has 0 radical (unpaired) electrons. The van der Waals surface area contributed by atoms with Gasteiger partial charge in [0.1, 0.15) is 0 Å². The van der Waals surface area contributed by atoms with Gasteiger partial charge in [-0.15, -0.1) is 11.3 Å². The molecule has 6 heteroatoms. The van der Waals surface area contributed by atoms with Gasteiger partial charge >= 0.3 is 0 Å². The van der Waals surface area contributed by atoms with Gasteiger partial charge in [-0.05, 0) is 18.6 Å². The highest BCUT2D eigenvalue weighted by Gasteiger charge is 2.20. The third-order valence-corrected chi connectivity index (χ3v) is 3.74. The molecule has 1 atom stereocenters. The minimum absolute atomic E-state index is 0.00544. The van der Waals surface area contributed by atoms with Gasteiger partial charge in [0.05, 0.1) is 16.3 Å². The Bertz CT molecular complexity index is 532. The van der Waals surface area contributed by atoms with Crippen molar-refractivity contribution in [3.63, 3.8) is 0 Å². The first-order valence-electron chi connectivity index (χ1n) is 6.05. The monoisotopic (exact) mass is 277 g/mol. The molecule has 1 aromatic heterocycles. The van der Waals surface area contributed by atoms with E-state index in [1.807, 2.05) is 6.07 Å². The van der Waals surface area contributed by atoms with Gasteiger partial charge in [0, 0.05) is 19.0 Å². The Balaban J connectivity index is 1.92. The second-order valence-electron chi connectivity index (χ2n) is 4.18. The van der Waals surface area contributed by atoms with Crippen LogP contribution in [0.4, 0.5) is 0 Å². The molecule has 1 aliphatic rings. The van der Waals surface area contributed by atoms with Gasteiger partial charge in [-0.3, -0.25) is 9.59 Å². The smallest absolute Gasteiger partial charge is 0.261 e. The second kappa shape index (κ2) is 6.36. The quantitative estimate of drug-likeness (QED) is 0.669. The number of amides is 2. The topological polar surface area (TPSA) is 84.2 Å². The summed E-state index contributed by atoms with van der Waals surface area (Å²) in [5, 5.41) is 5.64. The largest absolute Gasteiger partial charge is 0.354 e. The van der Waals surface area contributed by atoms with E-state index in [9.17, 15) is 9.59 Å². The van der Waals surface area contributed by atoms with Crippen LogP contribution < -0.4 is 16.4 Å². The Hall–Kier alpha value is -1.84. The summed E-state index contributed by atoms with van der Waals surface area (Å²) in [7, 11) is 0. The number of hydrogen-bond donors (Lipinski definition) is 3. The Kier molecular flexibility index (Phi) is 4.55. The average Bonchev–Trinajstić information content (AvgIpc) is 2.88. The van der Waals surface area contributed by atoms with Crippen molar-refractivity contribution in [1.82, 2.24) is 10.6 Å². The number of thiophene rings is 1. The number of nitrogens with two attached hydrogens (primary N) is 1. The first-order chi connectivity index (χ1) is 9.19. The highest BCUT2D eigenvalue weighted by Crippen LogP contribution is 2.16. The van der Waals surface area contributed by atoms with Gasteiger partial charge < -0.3 is 16.4 Å². The van der Waals surface area contributed by atoms with E-state index in [1.54, 1.807) is 6.07 Å². The van der Waals surface area contributed by atoms with Gasteiger partial charge in [-0.1, -0.05) is 11.8 Å². The predicted octanol–water partition coefficient (Wildman–Crippen LogP) is 0.0667. The number of hydrogen-bond acceptors (Lipinski definition) is 4. The van der Waals surface area contributed by atoms with Gasteiger partial charge in [-0.2, -0.15) is 0 Å². The van der Waals surface area contributed by atoms with E-state index >= 15 is 0 Å². The van der Waals surface area contributed by atoms with Crippen LogP contribution >= 0.6 is 11.3 Å². The minimum Gasteiger partial charge on any atom is -0.354 e. The molecule has 1 aliphatic heterocycles. The van der Waals surface area contributed by atoms with Gasteiger partial charge in [0.2, 0.25) is 5.91 Å². The van der Waals surface area contributed by atoms with Crippen molar-refractivity contribution in [2.24, 2.45) is 5.73 Å². The maximum atomic E-state index is 12.0. The lowest BCUT2D eigenvalue weighted by Crippen LogP contribution is -2.47. The second-order valence-corrected chi connectivity index (χ2v) is 5.27. The molecule has 4 N–H and O–H groups in total. The molecule has 19 heavy (non-hydrogen) atoms. The summed E-state index contributed by atoms with van der Waals surface area (Å²) in [6.45, 7) is 0.803. The maximum Gasteiger partial charge on any atom is 0.261 e. The Labute approximate surface area is 115 Å². The molecule has 0 spiro atoms. The van der Waals surface area contributed by atoms with Crippen molar-refractivity contribution in [2.75, 3.05) is 13.1 Å². The average molecular weight is 277 g/mol. The third kappa shape index (κ3) is 3.81. The number of carbonyl (C=O) groups excluding carboxylic acids is 2. The molecule has 1 fully saturated rings. The lowest BCUT2D eigenvalue weighted by Gasteiger charge is -2.23. The molecule has 2 heterocycles. The van der Waals surface area contributed by atoms with Crippen LogP contribution in [-0.4, -0.2) is 30.9 Å². The number of carbonyl (C=O) groups is 2. The zero-order valence-electron chi connectivity index (χ0n) is 10.4. The summed E-state index contributed by atoms with van der Waals surface area (Å²) in [5.41, 5.74) is 5.30. The molecular weight excluding hydrogens is 262 g/mol. The minimum atomic E-state index is -0.119. The zero-order valence-corrected chi connectivity index (χ0v) is 11.2. The van der Waals surface area contributed by atoms with Gasteiger partial charge in [-0.25, -0.2) is 0 Å². The van der Waals surface area contributed by atoms with Crippen LogP contribution in [0.2, 0.25) is 0 Å². The summed E-state index contributed by atoms with van der Waals surface area (Å²) < 4.78 is 0. The van der Waals surface area contributed by atoms with Crippen molar-refractivity contribution in [3.8, 4) is 11.8 Å². The summed E-state index contributed by atoms with van der Waals surface area (Å²) in [5.74, 6) is 5.57. The van der Waals surface area contributed by atoms with Crippen molar-refractivity contribution < 1.29 is 9.59 Å². The van der Waals surface area contributed by atoms with Crippen molar-refractivity contribution in [1.29, 1.82) is 0 Å². The molecule has 1 unspecified atom stereocenters. The highest BCUT2D eigenvalue weighted by atomic mass is 32.1. The first-order valence-corrected chi connectivity index (χ1v) is 6.87. The summed E-state index contributed by atoms with van der Waals surface area (Å²) in [6.07, 6.45) is 1.14. The zero-order chi connectivity index (χ0) is 13.7. The molecule has 1 saturated heterocycles. The molecule has 2 rings (SSSR count). The normalized spacial score (nSPS) is 18.2. The Morgan fingerprint density at radius 1 is 1.58 bits per heavy atom. The summed E-state index contributed by atoms with van der Waals surface area (Å²) in [6, 6.07) is 3.57. The van der Waals surface area contributed by atoms with E-state index < -0.39 is 0 Å². The van der Waals surface area contributed by atoms with Crippen molar-refractivity contribution in [3.05, 3.63) is 21.9 Å². The fraction of sp³-hybridized carbons (Fsp3) is 0.385. The number of rotatable bonds is 2. The molecule has 0 aromatic carbocycles. The predicted molar refractivity (Wildman–Crippen MR) is 73.7 cm³/mol. The summed E-state index contributed by atoms with van der Waals surface area (Å²) >= 11 is 1.34. The van der Waals surface area contributed by atoms with Crippen LogP contribution in [0.3, 0.4) is 0 Å². The maximum absolute atomic E-state index is 12.0. The van der Waals surface area contributed by atoms with Crippen LogP contribution in [0.15, 0.2) is 12.1 Å². The van der Waals surface area contributed by atoms with Crippen LogP contribution in [0.1, 0.15) is 27.4 Å². The molecular formula is C13H15N3O2S. The van der Waals surface area contributed by atoms with E-state index in [4.69, 9.17) is 5.73 Å². The molecule has 2 amide bonds.